The maximum absolute atomic E-state index is 6.42. The minimum absolute atomic E-state index is 0.461. The lowest BCUT2D eigenvalue weighted by Crippen LogP contribution is -2.12. The van der Waals surface area contributed by atoms with E-state index in [1.54, 1.807) is 19.4 Å². The summed E-state index contributed by atoms with van der Waals surface area (Å²) >= 11 is 6.42. The highest BCUT2D eigenvalue weighted by Crippen LogP contribution is 2.34. The van der Waals surface area contributed by atoms with E-state index >= 15 is 0 Å². The van der Waals surface area contributed by atoms with Crippen molar-refractivity contribution in [2.75, 3.05) is 7.11 Å². The summed E-state index contributed by atoms with van der Waals surface area (Å²) in [6, 6.07) is 15.7. The van der Waals surface area contributed by atoms with E-state index in [0.717, 1.165) is 16.9 Å². The Morgan fingerprint density at radius 1 is 1.04 bits per heavy atom. The standard InChI is InChI=1S/C21H22ClNO3/c1-15-5-7-16(8-6-15)14-26-21-11-19(22)17(10-20(21)24-2)12-23-13-18-4-3-9-25-18/h3-11,23H,12-14H2,1-2H3. The maximum atomic E-state index is 6.42. The molecule has 0 saturated carbocycles. The molecule has 0 bridgehead atoms. The number of benzene rings is 2. The van der Waals surface area contributed by atoms with Crippen LogP contribution >= 0.6 is 11.6 Å². The van der Waals surface area contributed by atoms with Crippen molar-refractivity contribution in [1.29, 1.82) is 0 Å². The van der Waals surface area contributed by atoms with Crippen LogP contribution in [-0.4, -0.2) is 7.11 Å². The fourth-order valence-corrected chi connectivity index (χ4v) is 2.78. The summed E-state index contributed by atoms with van der Waals surface area (Å²) in [5.74, 6) is 2.18. The third kappa shape index (κ3) is 4.81. The van der Waals surface area contributed by atoms with Crippen LogP contribution in [0.15, 0.2) is 59.2 Å². The van der Waals surface area contributed by atoms with Crippen LogP contribution in [0.4, 0.5) is 0 Å². The second kappa shape index (κ2) is 8.79. The molecular formula is C21H22ClNO3. The number of hydrogen-bond donors (Lipinski definition) is 1. The van der Waals surface area contributed by atoms with Crippen molar-refractivity contribution in [1.82, 2.24) is 5.32 Å². The van der Waals surface area contributed by atoms with Gasteiger partial charge in [0.15, 0.2) is 11.5 Å². The lowest BCUT2D eigenvalue weighted by atomic mass is 10.1. The summed E-state index contributed by atoms with van der Waals surface area (Å²) in [5, 5.41) is 3.94. The van der Waals surface area contributed by atoms with Gasteiger partial charge in [0, 0.05) is 17.6 Å². The molecule has 1 heterocycles. The monoisotopic (exact) mass is 371 g/mol. The molecule has 0 fully saturated rings. The molecule has 26 heavy (non-hydrogen) atoms. The van der Waals surface area contributed by atoms with Gasteiger partial charge in [-0.15, -0.1) is 0 Å². The first-order valence-corrected chi connectivity index (χ1v) is 8.81. The molecule has 0 aliphatic rings. The van der Waals surface area contributed by atoms with Crippen LogP contribution in [0.1, 0.15) is 22.5 Å². The number of aryl methyl sites for hydroxylation is 1. The highest BCUT2D eigenvalue weighted by Gasteiger charge is 2.11. The number of nitrogens with one attached hydrogen (secondary N) is 1. The van der Waals surface area contributed by atoms with E-state index in [1.807, 2.05) is 18.2 Å². The lowest BCUT2D eigenvalue weighted by Gasteiger charge is -2.14. The highest BCUT2D eigenvalue weighted by atomic mass is 35.5. The molecule has 3 rings (SSSR count). The summed E-state index contributed by atoms with van der Waals surface area (Å²) in [6.07, 6.45) is 1.66. The minimum atomic E-state index is 0.461. The van der Waals surface area contributed by atoms with Gasteiger partial charge in [-0.3, -0.25) is 0 Å². The number of halogens is 1. The zero-order chi connectivity index (χ0) is 18.4. The van der Waals surface area contributed by atoms with Crippen molar-refractivity contribution in [2.45, 2.75) is 26.6 Å². The molecule has 5 heteroatoms. The molecule has 0 aliphatic heterocycles. The van der Waals surface area contributed by atoms with Gasteiger partial charge in [0.1, 0.15) is 12.4 Å². The quantitative estimate of drug-likeness (QED) is 0.597. The third-order valence-corrected chi connectivity index (χ3v) is 4.39. The smallest absolute Gasteiger partial charge is 0.163 e. The van der Waals surface area contributed by atoms with Crippen molar-refractivity contribution in [2.24, 2.45) is 0 Å². The molecule has 0 aliphatic carbocycles. The first-order chi connectivity index (χ1) is 12.7. The normalized spacial score (nSPS) is 10.7. The van der Waals surface area contributed by atoms with E-state index in [-0.39, 0.29) is 0 Å². The van der Waals surface area contributed by atoms with Gasteiger partial charge in [-0.05, 0) is 36.2 Å². The molecule has 1 N–H and O–H groups in total. The van der Waals surface area contributed by atoms with E-state index < -0.39 is 0 Å². The number of methoxy groups -OCH3 is 1. The van der Waals surface area contributed by atoms with Crippen molar-refractivity contribution < 1.29 is 13.9 Å². The van der Waals surface area contributed by atoms with Crippen molar-refractivity contribution >= 4 is 11.6 Å². The van der Waals surface area contributed by atoms with Crippen LogP contribution in [0.25, 0.3) is 0 Å². The summed E-state index contributed by atoms with van der Waals surface area (Å²) in [4.78, 5) is 0. The predicted molar refractivity (Wildman–Crippen MR) is 103 cm³/mol. The first kappa shape index (κ1) is 18.4. The van der Waals surface area contributed by atoms with Gasteiger partial charge in [-0.25, -0.2) is 0 Å². The van der Waals surface area contributed by atoms with Gasteiger partial charge in [-0.1, -0.05) is 41.4 Å². The van der Waals surface area contributed by atoms with Crippen LogP contribution < -0.4 is 14.8 Å². The van der Waals surface area contributed by atoms with E-state index in [9.17, 15) is 0 Å². The zero-order valence-corrected chi connectivity index (χ0v) is 15.7. The van der Waals surface area contributed by atoms with Crippen LogP contribution in [-0.2, 0) is 19.7 Å². The first-order valence-electron chi connectivity index (χ1n) is 8.43. The number of hydrogen-bond acceptors (Lipinski definition) is 4. The fourth-order valence-electron chi connectivity index (χ4n) is 2.56. The van der Waals surface area contributed by atoms with E-state index in [2.05, 4.69) is 36.5 Å². The van der Waals surface area contributed by atoms with Crippen LogP contribution in [0, 0.1) is 6.92 Å². The van der Waals surface area contributed by atoms with Crippen molar-refractivity contribution in [3.05, 3.63) is 82.3 Å². The molecule has 2 aromatic carbocycles. The van der Waals surface area contributed by atoms with Gasteiger partial charge >= 0.3 is 0 Å². The number of rotatable bonds is 8. The second-order valence-electron chi connectivity index (χ2n) is 6.05. The molecule has 0 atom stereocenters. The molecular weight excluding hydrogens is 350 g/mol. The molecule has 136 valence electrons. The zero-order valence-electron chi connectivity index (χ0n) is 14.9. The average Bonchev–Trinajstić information content (AvgIpc) is 3.16. The maximum Gasteiger partial charge on any atom is 0.163 e. The Labute approximate surface area is 158 Å². The van der Waals surface area contributed by atoms with Gasteiger partial charge in [-0.2, -0.15) is 0 Å². The summed E-state index contributed by atoms with van der Waals surface area (Å²) in [6.45, 7) is 3.76. The molecule has 0 saturated heterocycles. The van der Waals surface area contributed by atoms with E-state index in [4.69, 9.17) is 25.5 Å². The summed E-state index contributed by atoms with van der Waals surface area (Å²) in [7, 11) is 1.63. The Morgan fingerprint density at radius 3 is 2.54 bits per heavy atom. The van der Waals surface area contributed by atoms with Crippen LogP contribution in [0.2, 0.25) is 5.02 Å². The van der Waals surface area contributed by atoms with Gasteiger partial charge in [0.2, 0.25) is 0 Å². The van der Waals surface area contributed by atoms with Gasteiger partial charge in [0.25, 0.3) is 0 Å². The lowest BCUT2D eigenvalue weighted by molar-refractivity contribution is 0.284. The second-order valence-corrected chi connectivity index (χ2v) is 6.46. The Bertz CT molecular complexity index is 829. The summed E-state index contributed by atoms with van der Waals surface area (Å²) in [5.41, 5.74) is 3.26. The highest BCUT2D eigenvalue weighted by molar-refractivity contribution is 6.31. The topological polar surface area (TPSA) is 43.6 Å². The van der Waals surface area contributed by atoms with Gasteiger partial charge < -0.3 is 19.2 Å². The molecule has 0 spiro atoms. The number of furan rings is 1. The Hall–Kier alpha value is -2.43. The van der Waals surface area contributed by atoms with Crippen LogP contribution in [0.3, 0.4) is 0 Å². The Morgan fingerprint density at radius 2 is 1.85 bits per heavy atom. The Balaban J connectivity index is 1.64. The fraction of sp³-hybridized carbons (Fsp3) is 0.238. The van der Waals surface area contributed by atoms with Gasteiger partial charge in [0.05, 0.1) is 19.9 Å². The summed E-state index contributed by atoms with van der Waals surface area (Å²) < 4.78 is 16.7. The minimum Gasteiger partial charge on any atom is -0.493 e. The largest absolute Gasteiger partial charge is 0.493 e. The number of ether oxygens (including phenoxy) is 2. The molecule has 0 amide bonds. The van der Waals surface area contributed by atoms with Crippen LogP contribution in [0.5, 0.6) is 11.5 Å². The average molecular weight is 372 g/mol. The molecule has 0 radical (unpaired) electrons. The van der Waals surface area contributed by atoms with Crippen molar-refractivity contribution in [3.63, 3.8) is 0 Å². The van der Waals surface area contributed by atoms with E-state index in [0.29, 0.717) is 36.2 Å². The molecule has 3 aromatic rings. The van der Waals surface area contributed by atoms with E-state index in [1.165, 1.54) is 5.56 Å². The molecule has 0 unspecified atom stereocenters. The van der Waals surface area contributed by atoms with Crippen molar-refractivity contribution in [3.8, 4) is 11.5 Å². The Kier molecular flexibility index (Phi) is 6.21. The predicted octanol–water partition coefficient (Wildman–Crippen LogP) is 5.12. The SMILES string of the molecule is COc1cc(CNCc2ccco2)c(Cl)cc1OCc1ccc(C)cc1. The third-order valence-electron chi connectivity index (χ3n) is 4.04. The molecule has 1 aromatic heterocycles. The molecule has 4 nitrogen and oxygen atoms in total.